The molecule has 0 spiro atoms. The zero-order chi connectivity index (χ0) is 14.6. The molecule has 0 radical (unpaired) electrons. The Kier molecular flexibility index (Phi) is 5.30. The molecule has 0 aliphatic carbocycles. The Morgan fingerprint density at radius 3 is 2.58 bits per heavy atom. The molecule has 1 aromatic rings. The van der Waals surface area contributed by atoms with Gasteiger partial charge in [-0.3, -0.25) is 4.79 Å². The van der Waals surface area contributed by atoms with Gasteiger partial charge in [-0.25, -0.2) is 9.18 Å². The van der Waals surface area contributed by atoms with Crippen molar-refractivity contribution < 1.29 is 19.1 Å². The standard InChI is InChI=1S/C13H15ClFNO3/c1-7(2)6-10(13(18)19)16-12(17)8-4-3-5-9(15)11(8)14/h3-5,7,10H,6H2,1-2H3,(H,16,17)(H,18,19)/t10-/m1/s1. The number of aliphatic carboxylic acids is 1. The fraction of sp³-hybridized carbons (Fsp3) is 0.385. The van der Waals surface area contributed by atoms with Crippen molar-refractivity contribution in [2.45, 2.75) is 26.3 Å². The molecular weight excluding hydrogens is 273 g/mol. The van der Waals surface area contributed by atoms with Crippen molar-refractivity contribution in [3.8, 4) is 0 Å². The number of nitrogens with one attached hydrogen (secondary N) is 1. The summed E-state index contributed by atoms with van der Waals surface area (Å²) >= 11 is 5.67. The van der Waals surface area contributed by atoms with Crippen LogP contribution < -0.4 is 5.32 Å². The van der Waals surface area contributed by atoms with Crippen molar-refractivity contribution in [2.24, 2.45) is 5.92 Å². The van der Waals surface area contributed by atoms with Crippen molar-refractivity contribution in [3.63, 3.8) is 0 Å². The first kappa shape index (κ1) is 15.4. The van der Waals surface area contributed by atoms with E-state index in [0.29, 0.717) is 0 Å². The van der Waals surface area contributed by atoms with Gasteiger partial charge in [0.25, 0.3) is 5.91 Å². The van der Waals surface area contributed by atoms with Crippen LogP contribution >= 0.6 is 11.6 Å². The third-order valence-corrected chi connectivity index (χ3v) is 2.89. The summed E-state index contributed by atoms with van der Waals surface area (Å²) in [5, 5.41) is 11.1. The van der Waals surface area contributed by atoms with E-state index in [4.69, 9.17) is 16.7 Å². The largest absolute Gasteiger partial charge is 0.480 e. The zero-order valence-corrected chi connectivity index (χ0v) is 11.4. The summed E-state index contributed by atoms with van der Waals surface area (Å²) < 4.78 is 13.2. The van der Waals surface area contributed by atoms with Crippen molar-refractivity contribution >= 4 is 23.5 Å². The fourth-order valence-electron chi connectivity index (χ4n) is 1.61. The molecule has 0 bridgehead atoms. The second kappa shape index (κ2) is 6.52. The number of carbonyl (C=O) groups is 2. The van der Waals surface area contributed by atoms with Crippen molar-refractivity contribution in [1.29, 1.82) is 0 Å². The second-order valence-corrected chi connectivity index (χ2v) is 4.97. The molecule has 19 heavy (non-hydrogen) atoms. The molecule has 0 aliphatic heterocycles. The SMILES string of the molecule is CC(C)C[C@@H](NC(=O)c1cccc(F)c1Cl)C(=O)O. The normalized spacial score (nSPS) is 12.3. The Bertz CT molecular complexity index is 491. The van der Waals surface area contributed by atoms with E-state index in [2.05, 4.69) is 5.32 Å². The van der Waals surface area contributed by atoms with Crippen LogP contribution in [0.1, 0.15) is 30.6 Å². The zero-order valence-electron chi connectivity index (χ0n) is 10.6. The quantitative estimate of drug-likeness (QED) is 0.875. The molecule has 104 valence electrons. The summed E-state index contributed by atoms with van der Waals surface area (Å²) in [5.41, 5.74) is -0.0725. The molecule has 0 fully saturated rings. The van der Waals surface area contributed by atoms with Crippen LogP contribution in [-0.2, 0) is 4.79 Å². The lowest BCUT2D eigenvalue weighted by atomic mass is 10.0. The molecule has 6 heteroatoms. The van der Waals surface area contributed by atoms with Gasteiger partial charge in [-0.2, -0.15) is 0 Å². The van der Waals surface area contributed by atoms with E-state index >= 15 is 0 Å². The minimum atomic E-state index is -1.13. The summed E-state index contributed by atoms with van der Waals surface area (Å²) in [5.74, 6) is -2.44. The Balaban J connectivity index is 2.88. The van der Waals surface area contributed by atoms with Crippen LogP contribution in [0.2, 0.25) is 5.02 Å². The summed E-state index contributed by atoms with van der Waals surface area (Å²) in [7, 11) is 0. The molecule has 2 N–H and O–H groups in total. The molecule has 0 aliphatic rings. The minimum Gasteiger partial charge on any atom is -0.480 e. The van der Waals surface area contributed by atoms with Gasteiger partial charge >= 0.3 is 5.97 Å². The predicted octanol–water partition coefficient (Wildman–Crippen LogP) is 2.71. The Hall–Kier alpha value is -1.62. The minimum absolute atomic E-state index is 0.0725. The first-order valence-electron chi connectivity index (χ1n) is 5.80. The maximum atomic E-state index is 13.2. The van der Waals surface area contributed by atoms with E-state index in [1.165, 1.54) is 12.1 Å². The lowest BCUT2D eigenvalue weighted by Crippen LogP contribution is -2.41. The highest BCUT2D eigenvalue weighted by Gasteiger charge is 2.23. The first-order valence-corrected chi connectivity index (χ1v) is 6.18. The van der Waals surface area contributed by atoms with Gasteiger partial charge in [0.15, 0.2) is 0 Å². The number of amides is 1. The molecule has 1 atom stereocenters. The number of benzene rings is 1. The molecule has 0 saturated carbocycles. The van der Waals surface area contributed by atoms with Gasteiger partial charge in [-0.05, 0) is 24.5 Å². The maximum absolute atomic E-state index is 13.2. The molecule has 1 amide bonds. The van der Waals surface area contributed by atoms with E-state index in [9.17, 15) is 14.0 Å². The van der Waals surface area contributed by atoms with E-state index < -0.39 is 23.7 Å². The first-order chi connectivity index (χ1) is 8.82. The monoisotopic (exact) mass is 287 g/mol. The third kappa shape index (κ3) is 4.21. The summed E-state index contributed by atoms with van der Waals surface area (Å²) in [4.78, 5) is 22.9. The molecular formula is C13H15ClFNO3. The molecule has 1 rings (SSSR count). The van der Waals surface area contributed by atoms with Crippen molar-refractivity contribution in [2.75, 3.05) is 0 Å². The van der Waals surface area contributed by atoms with Gasteiger partial charge in [-0.1, -0.05) is 31.5 Å². The lowest BCUT2D eigenvalue weighted by Gasteiger charge is -2.16. The van der Waals surface area contributed by atoms with Gasteiger partial charge in [0, 0.05) is 0 Å². The third-order valence-electron chi connectivity index (χ3n) is 2.51. The van der Waals surface area contributed by atoms with Gasteiger partial charge in [-0.15, -0.1) is 0 Å². The summed E-state index contributed by atoms with van der Waals surface area (Å²) in [6.45, 7) is 3.69. The van der Waals surface area contributed by atoms with Crippen LogP contribution in [0, 0.1) is 11.7 Å². The van der Waals surface area contributed by atoms with Crippen LogP contribution in [0.15, 0.2) is 18.2 Å². The van der Waals surface area contributed by atoms with Crippen LogP contribution in [-0.4, -0.2) is 23.0 Å². The Morgan fingerprint density at radius 2 is 2.05 bits per heavy atom. The summed E-state index contributed by atoms with van der Waals surface area (Å²) in [6, 6.07) is 2.79. The highest BCUT2D eigenvalue weighted by Crippen LogP contribution is 2.19. The van der Waals surface area contributed by atoms with Crippen LogP contribution in [0.25, 0.3) is 0 Å². The molecule has 4 nitrogen and oxygen atoms in total. The number of hydrogen-bond donors (Lipinski definition) is 2. The number of halogens is 2. The van der Waals surface area contributed by atoms with E-state index in [1.807, 2.05) is 13.8 Å². The van der Waals surface area contributed by atoms with E-state index in [1.54, 1.807) is 0 Å². The van der Waals surface area contributed by atoms with Gasteiger partial charge in [0.2, 0.25) is 0 Å². The highest BCUT2D eigenvalue weighted by atomic mass is 35.5. The smallest absolute Gasteiger partial charge is 0.326 e. The summed E-state index contributed by atoms with van der Waals surface area (Å²) in [6.07, 6.45) is 0.286. The number of carboxylic acid groups (broad SMARTS) is 1. The average molecular weight is 288 g/mol. The lowest BCUT2D eigenvalue weighted by molar-refractivity contribution is -0.139. The average Bonchev–Trinajstić information content (AvgIpc) is 2.31. The van der Waals surface area contributed by atoms with Gasteiger partial charge in [0.05, 0.1) is 10.6 Å². The van der Waals surface area contributed by atoms with Crippen molar-refractivity contribution in [3.05, 3.63) is 34.6 Å². The van der Waals surface area contributed by atoms with Crippen LogP contribution in [0.3, 0.4) is 0 Å². The van der Waals surface area contributed by atoms with E-state index in [0.717, 1.165) is 6.07 Å². The molecule has 0 saturated heterocycles. The topological polar surface area (TPSA) is 66.4 Å². The molecule has 0 aromatic heterocycles. The number of carboxylic acids is 1. The Labute approximate surface area is 115 Å². The van der Waals surface area contributed by atoms with Gasteiger partial charge < -0.3 is 10.4 Å². The van der Waals surface area contributed by atoms with Crippen LogP contribution in [0.5, 0.6) is 0 Å². The number of carbonyl (C=O) groups excluding carboxylic acids is 1. The molecule has 1 aromatic carbocycles. The molecule has 0 heterocycles. The fourth-order valence-corrected chi connectivity index (χ4v) is 1.82. The predicted molar refractivity (Wildman–Crippen MR) is 69.8 cm³/mol. The van der Waals surface area contributed by atoms with Gasteiger partial charge in [0.1, 0.15) is 11.9 Å². The Morgan fingerprint density at radius 1 is 1.42 bits per heavy atom. The number of hydrogen-bond acceptors (Lipinski definition) is 2. The maximum Gasteiger partial charge on any atom is 0.326 e. The number of rotatable bonds is 5. The van der Waals surface area contributed by atoms with Crippen LogP contribution in [0.4, 0.5) is 4.39 Å². The van der Waals surface area contributed by atoms with Crippen molar-refractivity contribution in [1.82, 2.24) is 5.32 Å². The second-order valence-electron chi connectivity index (χ2n) is 4.60. The van der Waals surface area contributed by atoms with E-state index in [-0.39, 0.29) is 22.9 Å². The highest BCUT2D eigenvalue weighted by molar-refractivity contribution is 6.34. The molecule has 0 unspecified atom stereocenters.